The molecule has 2 rings (SSSR count). The van der Waals surface area contributed by atoms with Crippen molar-refractivity contribution in [3.8, 4) is 0 Å². The van der Waals surface area contributed by atoms with Crippen LogP contribution in [0.4, 0.5) is 0 Å². The van der Waals surface area contributed by atoms with E-state index in [4.69, 9.17) is 4.74 Å². The Bertz CT molecular complexity index is 244. The van der Waals surface area contributed by atoms with Gasteiger partial charge in [0.25, 0.3) is 0 Å². The van der Waals surface area contributed by atoms with E-state index in [2.05, 4.69) is 5.32 Å². The van der Waals surface area contributed by atoms with Crippen molar-refractivity contribution >= 4 is 5.97 Å². The van der Waals surface area contributed by atoms with Crippen LogP contribution in [0.5, 0.6) is 0 Å². The zero-order valence-electron chi connectivity index (χ0n) is 8.52. The molecular weight excluding hydrogens is 166 g/mol. The number of hydrogen-bond acceptors (Lipinski definition) is 3. The highest BCUT2D eigenvalue weighted by molar-refractivity contribution is 5.82. The van der Waals surface area contributed by atoms with E-state index in [1.165, 1.54) is 0 Å². The molecule has 2 aliphatic rings. The van der Waals surface area contributed by atoms with Gasteiger partial charge in [-0.15, -0.1) is 0 Å². The number of rotatable bonds is 1. The van der Waals surface area contributed by atoms with Crippen molar-refractivity contribution in [2.24, 2.45) is 11.3 Å². The summed E-state index contributed by atoms with van der Waals surface area (Å²) in [5, 5.41) is 3.23. The van der Waals surface area contributed by atoms with Gasteiger partial charge in [0.05, 0.1) is 5.41 Å². The Labute approximate surface area is 78.8 Å². The van der Waals surface area contributed by atoms with Crippen LogP contribution in [0, 0.1) is 11.3 Å². The molecule has 1 saturated heterocycles. The average molecular weight is 183 g/mol. The molecule has 0 unspecified atom stereocenters. The van der Waals surface area contributed by atoms with Gasteiger partial charge in [0.15, 0.2) is 0 Å². The molecule has 0 spiro atoms. The lowest BCUT2D eigenvalue weighted by atomic mass is 10.1. The number of carbonyl (C=O) groups is 1. The van der Waals surface area contributed by atoms with E-state index in [0.29, 0.717) is 5.92 Å². The van der Waals surface area contributed by atoms with Crippen LogP contribution in [0.15, 0.2) is 0 Å². The van der Waals surface area contributed by atoms with Crippen molar-refractivity contribution in [2.75, 3.05) is 13.1 Å². The summed E-state index contributed by atoms with van der Waals surface area (Å²) >= 11 is 0. The van der Waals surface area contributed by atoms with Crippen molar-refractivity contribution in [3.05, 3.63) is 0 Å². The SMILES string of the molecule is CC(C)(C)OC(=O)[C@]12CNC[C@H]1C2. The maximum atomic E-state index is 11.8. The number of carbonyl (C=O) groups excluding carboxylic acids is 1. The summed E-state index contributed by atoms with van der Waals surface area (Å²) in [6.07, 6.45) is 1.02. The van der Waals surface area contributed by atoms with Crippen LogP contribution in [0.2, 0.25) is 0 Å². The highest BCUT2D eigenvalue weighted by Crippen LogP contribution is 2.56. The maximum absolute atomic E-state index is 11.8. The molecule has 2 fully saturated rings. The minimum atomic E-state index is -0.346. The number of hydrogen-bond donors (Lipinski definition) is 1. The monoisotopic (exact) mass is 183 g/mol. The molecule has 0 radical (unpaired) electrons. The molecule has 1 aliphatic heterocycles. The van der Waals surface area contributed by atoms with Gasteiger partial charge in [0.1, 0.15) is 5.60 Å². The van der Waals surface area contributed by atoms with Crippen molar-refractivity contribution in [1.29, 1.82) is 0 Å². The fourth-order valence-corrected chi connectivity index (χ4v) is 2.04. The third kappa shape index (κ3) is 1.46. The Hall–Kier alpha value is -0.570. The van der Waals surface area contributed by atoms with E-state index >= 15 is 0 Å². The molecular formula is C10H17NO2. The predicted molar refractivity (Wildman–Crippen MR) is 49.3 cm³/mol. The highest BCUT2D eigenvalue weighted by atomic mass is 16.6. The number of nitrogens with one attached hydrogen (secondary N) is 1. The van der Waals surface area contributed by atoms with Gasteiger partial charge in [0.2, 0.25) is 0 Å². The predicted octanol–water partition coefficient (Wildman–Crippen LogP) is 0.938. The average Bonchev–Trinajstić information content (AvgIpc) is 2.52. The van der Waals surface area contributed by atoms with Gasteiger partial charge in [-0.05, 0) is 39.7 Å². The molecule has 3 nitrogen and oxygen atoms in total. The molecule has 13 heavy (non-hydrogen) atoms. The van der Waals surface area contributed by atoms with Crippen LogP contribution in [0.1, 0.15) is 27.2 Å². The van der Waals surface area contributed by atoms with Crippen LogP contribution in [-0.4, -0.2) is 24.7 Å². The number of ether oxygens (including phenoxy) is 1. The molecule has 74 valence electrons. The molecule has 3 heteroatoms. The fourth-order valence-electron chi connectivity index (χ4n) is 2.04. The van der Waals surface area contributed by atoms with E-state index in [-0.39, 0.29) is 17.0 Å². The zero-order chi connectivity index (χ0) is 9.69. The lowest BCUT2D eigenvalue weighted by Crippen LogP contribution is -2.32. The third-order valence-electron chi connectivity index (χ3n) is 2.87. The Morgan fingerprint density at radius 3 is 2.62 bits per heavy atom. The van der Waals surface area contributed by atoms with Gasteiger partial charge < -0.3 is 10.1 Å². The molecule has 0 aromatic rings. The Kier molecular flexibility index (Phi) is 1.71. The van der Waals surface area contributed by atoms with Crippen LogP contribution in [0.3, 0.4) is 0 Å². The molecule has 0 bridgehead atoms. The van der Waals surface area contributed by atoms with E-state index in [1.807, 2.05) is 20.8 Å². The third-order valence-corrected chi connectivity index (χ3v) is 2.87. The first-order valence-corrected chi connectivity index (χ1v) is 4.88. The molecule has 1 N–H and O–H groups in total. The number of esters is 1. The summed E-state index contributed by atoms with van der Waals surface area (Å²) in [6, 6.07) is 0. The summed E-state index contributed by atoms with van der Waals surface area (Å²) in [7, 11) is 0. The summed E-state index contributed by atoms with van der Waals surface area (Å²) in [6.45, 7) is 7.55. The van der Waals surface area contributed by atoms with E-state index in [0.717, 1.165) is 19.5 Å². The first-order valence-electron chi connectivity index (χ1n) is 4.88. The van der Waals surface area contributed by atoms with Gasteiger partial charge >= 0.3 is 5.97 Å². The Balaban J connectivity index is 1.99. The summed E-state index contributed by atoms with van der Waals surface area (Å²) in [5.74, 6) is 0.539. The minimum absolute atomic E-state index is 0.00463. The van der Waals surface area contributed by atoms with Gasteiger partial charge in [-0.2, -0.15) is 0 Å². The second-order valence-electron chi connectivity index (χ2n) is 5.19. The number of fused-ring (bicyclic) bond motifs is 1. The van der Waals surface area contributed by atoms with Gasteiger partial charge in [-0.1, -0.05) is 0 Å². The Morgan fingerprint density at radius 2 is 2.23 bits per heavy atom. The standard InChI is InChI=1S/C10H17NO2/c1-9(2,3)13-8(12)10-4-7(10)5-11-6-10/h7,11H,4-6H2,1-3H3/t7-,10-/m1/s1. The summed E-state index contributed by atoms with van der Waals surface area (Å²) in [4.78, 5) is 11.8. The topological polar surface area (TPSA) is 38.3 Å². The number of piperidine rings is 1. The van der Waals surface area contributed by atoms with E-state index < -0.39 is 0 Å². The van der Waals surface area contributed by atoms with Crippen molar-refractivity contribution in [2.45, 2.75) is 32.8 Å². The summed E-state index contributed by atoms with van der Waals surface area (Å²) < 4.78 is 5.39. The largest absolute Gasteiger partial charge is 0.459 e. The first kappa shape index (κ1) is 9.00. The highest BCUT2D eigenvalue weighted by Gasteiger charge is 2.64. The van der Waals surface area contributed by atoms with Crippen molar-refractivity contribution < 1.29 is 9.53 Å². The van der Waals surface area contributed by atoms with Crippen LogP contribution < -0.4 is 5.32 Å². The van der Waals surface area contributed by atoms with Crippen molar-refractivity contribution in [3.63, 3.8) is 0 Å². The quantitative estimate of drug-likeness (QED) is 0.615. The van der Waals surface area contributed by atoms with Crippen molar-refractivity contribution in [1.82, 2.24) is 5.32 Å². The first-order chi connectivity index (χ1) is 5.94. The lowest BCUT2D eigenvalue weighted by molar-refractivity contribution is -0.161. The second kappa shape index (κ2) is 2.47. The van der Waals surface area contributed by atoms with E-state index in [1.54, 1.807) is 0 Å². The minimum Gasteiger partial charge on any atom is -0.459 e. The van der Waals surface area contributed by atoms with E-state index in [9.17, 15) is 4.79 Å². The summed E-state index contributed by atoms with van der Waals surface area (Å²) in [5.41, 5.74) is -0.491. The van der Waals surface area contributed by atoms with Gasteiger partial charge in [-0.25, -0.2) is 0 Å². The second-order valence-corrected chi connectivity index (χ2v) is 5.19. The molecule has 0 amide bonds. The molecule has 1 saturated carbocycles. The van der Waals surface area contributed by atoms with Gasteiger partial charge in [0, 0.05) is 6.54 Å². The fraction of sp³-hybridized carbons (Fsp3) is 0.900. The lowest BCUT2D eigenvalue weighted by Gasteiger charge is -2.22. The normalized spacial score (nSPS) is 37.0. The molecule has 0 aromatic carbocycles. The van der Waals surface area contributed by atoms with Crippen LogP contribution >= 0.6 is 0 Å². The molecule has 2 atom stereocenters. The molecule has 1 aliphatic carbocycles. The van der Waals surface area contributed by atoms with Crippen LogP contribution in [0.25, 0.3) is 0 Å². The van der Waals surface area contributed by atoms with Gasteiger partial charge in [-0.3, -0.25) is 4.79 Å². The Morgan fingerprint density at radius 1 is 1.54 bits per heavy atom. The molecule has 1 heterocycles. The maximum Gasteiger partial charge on any atom is 0.314 e. The smallest absolute Gasteiger partial charge is 0.314 e. The van der Waals surface area contributed by atoms with Crippen LogP contribution in [-0.2, 0) is 9.53 Å². The molecule has 0 aromatic heterocycles. The zero-order valence-corrected chi connectivity index (χ0v) is 8.52.